The van der Waals surface area contributed by atoms with Gasteiger partial charge in [0.2, 0.25) is 0 Å². The number of nitro groups is 1. The molecule has 1 amide bonds. The van der Waals surface area contributed by atoms with E-state index < -0.39 is 46.4 Å². The van der Waals surface area contributed by atoms with Gasteiger partial charge in [0, 0.05) is 18.2 Å². The minimum atomic E-state index is -4.71. The summed E-state index contributed by atoms with van der Waals surface area (Å²) in [6.45, 7) is 4.68. The summed E-state index contributed by atoms with van der Waals surface area (Å²) in [7, 11) is 0. The van der Waals surface area contributed by atoms with Crippen molar-refractivity contribution < 1.29 is 32.4 Å². The largest absolute Gasteiger partial charge is 0.456 e. The minimum absolute atomic E-state index is 0.119. The van der Waals surface area contributed by atoms with Gasteiger partial charge in [-0.2, -0.15) is 13.2 Å². The molecule has 0 bridgehead atoms. The highest BCUT2D eigenvalue weighted by atomic mass is 19.4. The summed E-state index contributed by atoms with van der Waals surface area (Å²) < 4.78 is 42.7. The molecule has 0 aliphatic carbocycles. The lowest BCUT2D eigenvalue weighted by atomic mass is 10.1. The van der Waals surface area contributed by atoms with E-state index in [-0.39, 0.29) is 18.7 Å². The standard InChI is InChI=1S/C16H20F3N3O5/c1-15(2,3)21-13(23)9-27-14(24)6-7-20-11-5-4-10(16(17,18)19)8-12(11)22(25)26/h4-5,8,20H,6-7,9H2,1-3H3,(H,21,23). The predicted molar refractivity (Wildman–Crippen MR) is 90.1 cm³/mol. The molecule has 0 aromatic heterocycles. The molecule has 1 aromatic rings. The van der Waals surface area contributed by atoms with Crippen molar-refractivity contribution in [1.29, 1.82) is 0 Å². The third kappa shape index (κ3) is 7.92. The van der Waals surface area contributed by atoms with Crippen LogP contribution >= 0.6 is 0 Å². The SMILES string of the molecule is CC(C)(C)NC(=O)COC(=O)CCNc1ccc(C(F)(F)F)cc1[N+](=O)[O-]. The Morgan fingerprint density at radius 3 is 2.37 bits per heavy atom. The zero-order valence-corrected chi connectivity index (χ0v) is 15.0. The molecule has 0 atom stereocenters. The van der Waals surface area contributed by atoms with Gasteiger partial charge in [0.05, 0.1) is 16.9 Å². The van der Waals surface area contributed by atoms with Crippen LogP contribution in [-0.2, 0) is 20.5 Å². The van der Waals surface area contributed by atoms with Crippen LogP contribution in [0.5, 0.6) is 0 Å². The van der Waals surface area contributed by atoms with Gasteiger partial charge < -0.3 is 15.4 Å². The van der Waals surface area contributed by atoms with E-state index in [1.54, 1.807) is 20.8 Å². The maximum Gasteiger partial charge on any atom is 0.416 e. The molecule has 1 rings (SSSR count). The fourth-order valence-electron chi connectivity index (χ4n) is 1.98. The third-order valence-electron chi connectivity index (χ3n) is 3.05. The number of halogens is 3. The van der Waals surface area contributed by atoms with E-state index in [4.69, 9.17) is 4.74 Å². The number of nitrogens with zero attached hydrogens (tertiary/aromatic N) is 1. The van der Waals surface area contributed by atoms with Gasteiger partial charge in [0.15, 0.2) is 6.61 Å². The summed E-state index contributed by atoms with van der Waals surface area (Å²) in [6.07, 6.45) is -4.94. The number of rotatable bonds is 7. The first-order valence-corrected chi connectivity index (χ1v) is 7.86. The molecule has 0 radical (unpaired) electrons. The number of esters is 1. The number of amides is 1. The average Bonchev–Trinajstić information content (AvgIpc) is 2.50. The summed E-state index contributed by atoms with van der Waals surface area (Å²) in [4.78, 5) is 33.1. The number of hydrogen-bond donors (Lipinski definition) is 2. The summed E-state index contributed by atoms with van der Waals surface area (Å²) in [5.74, 6) is -1.22. The lowest BCUT2D eigenvalue weighted by molar-refractivity contribution is -0.384. The van der Waals surface area contributed by atoms with Gasteiger partial charge in [0.1, 0.15) is 5.69 Å². The van der Waals surface area contributed by atoms with Crippen molar-refractivity contribution in [2.24, 2.45) is 0 Å². The molecular formula is C16H20F3N3O5. The van der Waals surface area contributed by atoms with Crippen LogP contribution in [0.3, 0.4) is 0 Å². The normalized spacial score (nSPS) is 11.6. The molecule has 0 heterocycles. The third-order valence-corrected chi connectivity index (χ3v) is 3.05. The molecule has 0 saturated heterocycles. The molecule has 0 saturated carbocycles. The van der Waals surface area contributed by atoms with E-state index >= 15 is 0 Å². The maximum atomic E-state index is 12.6. The Hall–Kier alpha value is -2.85. The summed E-state index contributed by atoms with van der Waals surface area (Å²) >= 11 is 0. The predicted octanol–water partition coefficient (Wildman–Crippen LogP) is 2.87. The first-order chi connectivity index (χ1) is 12.3. The number of alkyl halides is 3. The van der Waals surface area contributed by atoms with Crippen molar-refractivity contribution in [2.75, 3.05) is 18.5 Å². The van der Waals surface area contributed by atoms with Crippen molar-refractivity contribution in [3.63, 3.8) is 0 Å². The van der Waals surface area contributed by atoms with Crippen LogP contribution in [0.25, 0.3) is 0 Å². The highest BCUT2D eigenvalue weighted by Gasteiger charge is 2.33. The second-order valence-corrected chi connectivity index (χ2v) is 6.62. The molecule has 0 aliphatic heterocycles. The van der Waals surface area contributed by atoms with E-state index in [0.717, 1.165) is 6.07 Å². The Morgan fingerprint density at radius 1 is 1.22 bits per heavy atom. The van der Waals surface area contributed by atoms with Crippen LogP contribution in [0.4, 0.5) is 24.5 Å². The number of nitrogens with one attached hydrogen (secondary N) is 2. The van der Waals surface area contributed by atoms with Gasteiger partial charge in [-0.3, -0.25) is 19.7 Å². The second kappa shape index (κ2) is 8.69. The number of ether oxygens (including phenoxy) is 1. The maximum absolute atomic E-state index is 12.6. The molecule has 0 aliphatic rings. The lowest BCUT2D eigenvalue weighted by Crippen LogP contribution is -2.42. The lowest BCUT2D eigenvalue weighted by Gasteiger charge is -2.20. The number of hydrogen-bond acceptors (Lipinski definition) is 6. The van der Waals surface area contributed by atoms with Crippen molar-refractivity contribution in [3.8, 4) is 0 Å². The Labute approximate surface area is 153 Å². The summed E-state index contributed by atoms with van der Waals surface area (Å²) in [5, 5.41) is 16.1. The van der Waals surface area contributed by atoms with Crippen LogP contribution in [-0.4, -0.2) is 35.5 Å². The monoisotopic (exact) mass is 391 g/mol. The number of benzene rings is 1. The van der Waals surface area contributed by atoms with Gasteiger partial charge in [-0.05, 0) is 32.9 Å². The highest BCUT2D eigenvalue weighted by molar-refractivity contribution is 5.81. The first kappa shape index (κ1) is 22.2. The molecule has 0 fully saturated rings. The highest BCUT2D eigenvalue weighted by Crippen LogP contribution is 2.34. The molecule has 1 aromatic carbocycles. The molecule has 8 nitrogen and oxygen atoms in total. The Balaban J connectivity index is 2.57. The van der Waals surface area contributed by atoms with Crippen molar-refractivity contribution in [1.82, 2.24) is 5.32 Å². The molecule has 150 valence electrons. The van der Waals surface area contributed by atoms with Crippen molar-refractivity contribution in [3.05, 3.63) is 33.9 Å². The fourth-order valence-corrected chi connectivity index (χ4v) is 1.98. The number of anilines is 1. The molecule has 0 spiro atoms. The molecule has 2 N–H and O–H groups in total. The summed E-state index contributed by atoms with van der Waals surface area (Å²) in [6, 6.07) is 2.03. The van der Waals surface area contributed by atoms with Crippen LogP contribution in [0.15, 0.2) is 18.2 Å². The zero-order chi connectivity index (χ0) is 20.8. The number of carbonyl (C=O) groups is 2. The topological polar surface area (TPSA) is 111 Å². The average molecular weight is 391 g/mol. The molecule has 27 heavy (non-hydrogen) atoms. The van der Waals surface area contributed by atoms with Crippen LogP contribution in [0, 0.1) is 10.1 Å². The van der Waals surface area contributed by atoms with E-state index in [0.29, 0.717) is 12.1 Å². The van der Waals surface area contributed by atoms with Gasteiger partial charge >= 0.3 is 12.1 Å². The van der Waals surface area contributed by atoms with Gasteiger partial charge in [-0.15, -0.1) is 0 Å². The smallest absolute Gasteiger partial charge is 0.416 e. The summed E-state index contributed by atoms with van der Waals surface area (Å²) in [5.41, 5.74) is -2.55. The van der Waals surface area contributed by atoms with Gasteiger partial charge in [-0.1, -0.05) is 0 Å². The molecule has 0 unspecified atom stereocenters. The molecular weight excluding hydrogens is 371 g/mol. The fraction of sp³-hybridized carbons (Fsp3) is 0.500. The van der Waals surface area contributed by atoms with E-state index in [9.17, 15) is 32.9 Å². The zero-order valence-electron chi connectivity index (χ0n) is 15.0. The van der Waals surface area contributed by atoms with Crippen LogP contribution < -0.4 is 10.6 Å². The van der Waals surface area contributed by atoms with Crippen LogP contribution in [0.1, 0.15) is 32.8 Å². The van der Waals surface area contributed by atoms with Crippen LogP contribution in [0.2, 0.25) is 0 Å². The number of nitro benzene ring substituents is 1. The Bertz CT molecular complexity index is 714. The minimum Gasteiger partial charge on any atom is -0.456 e. The second-order valence-electron chi connectivity index (χ2n) is 6.62. The van der Waals surface area contributed by atoms with E-state index in [1.165, 1.54) is 0 Å². The van der Waals surface area contributed by atoms with E-state index in [2.05, 4.69) is 10.6 Å². The molecule has 11 heteroatoms. The van der Waals surface area contributed by atoms with Crippen molar-refractivity contribution in [2.45, 2.75) is 38.9 Å². The Kier molecular flexibility index (Phi) is 7.14. The van der Waals surface area contributed by atoms with Crippen molar-refractivity contribution >= 4 is 23.3 Å². The number of carbonyl (C=O) groups excluding carboxylic acids is 2. The van der Waals surface area contributed by atoms with Gasteiger partial charge in [-0.25, -0.2) is 0 Å². The quantitative estimate of drug-likeness (QED) is 0.420. The van der Waals surface area contributed by atoms with Gasteiger partial charge in [0.25, 0.3) is 11.6 Å². The first-order valence-electron chi connectivity index (χ1n) is 7.86. The Morgan fingerprint density at radius 2 is 1.85 bits per heavy atom. The van der Waals surface area contributed by atoms with E-state index in [1.807, 2.05) is 0 Å².